The maximum Gasteiger partial charge on any atom is 0.254 e. The van der Waals surface area contributed by atoms with E-state index in [0.29, 0.717) is 15.6 Å². The minimum absolute atomic E-state index is 0.0144. The summed E-state index contributed by atoms with van der Waals surface area (Å²) in [5, 5.41) is 1.00. The summed E-state index contributed by atoms with van der Waals surface area (Å²) in [4.78, 5) is 16.6. The molecule has 104 valence electrons. The molecule has 0 aliphatic carbocycles. The molecule has 0 N–H and O–H groups in total. The van der Waals surface area contributed by atoms with Gasteiger partial charge in [-0.3, -0.25) is 9.69 Å². The summed E-state index contributed by atoms with van der Waals surface area (Å²) in [6, 6.07) is 4.99. The number of hydrogen-bond acceptors (Lipinski definition) is 2. The largest absolute Gasteiger partial charge is 0.336 e. The van der Waals surface area contributed by atoms with Crippen LogP contribution < -0.4 is 0 Å². The third-order valence-electron chi connectivity index (χ3n) is 3.31. The van der Waals surface area contributed by atoms with E-state index in [9.17, 15) is 4.79 Å². The average molecular weight is 301 g/mol. The second kappa shape index (κ2) is 6.60. The molecular formula is C14H18Cl2N2O. The Morgan fingerprint density at radius 3 is 2.21 bits per heavy atom. The fourth-order valence-electron chi connectivity index (χ4n) is 2.35. The van der Waals surface area contributed by atoms with Crippen molar-refractivity contribution in [1.82, 2.24) is 9.80 Å². The van der Waals surface area contributed by atoms with Gasteiger partial charge in [0.15, 0.2) is 0 Å². The molecule has 1 fully saturated rings. The molecule has 0 unspecified atom stereocenters. The molecule has 3 nitrogen and oxygen atoms in total. The monoisotopic (exact) mass is 300 g/mol. The summed E-state index contributed by atoms with van der Waals surface area (Å²) < 4.78 is 0. The molecular weight excluding hydrogens is 283 g/mol. The lowest BCUT2D eigenvalue weighted by molar-refractivity contribution is 0.0637. The Kier molecular flexibility index (Phi) is 5.08. The van der Waals surface area contributed by atoms with E-state index in [2.05, 4.69) is 11.8 Å². The number of nitrogens with zero attached hydrogens (tertiary/aromatic N) is 2. The summed E-state index contributed by atoms with van der Waals surface area (Å²) >= 11 is 11.9. The molecule has 1 saturated heterocycles. The van der Waals surface area contributed by atoms with E-state index in [0.717, 1.165) is 39.1 Å². The van der Waals surface area contributed by atoms with Gasteiger partial charge in [0, 0.05) is 41.8 Å². The fraction of sp³-hybridized carbons (Fsp3) is 0.500. The van der Waals surface area contributed by atoms with Crippen molar-refractivity contribution in [3.8, 4) is 0 Å². The fourth-order valence-corrected chi connectivity index (χ4v) is 2.88. The number of carbonyl (C=O) groups is 1. The van der Waals surface area contributed by atoms with Crippen LogP contribution in [0.4, 0.5) is 0 Å². The lowest BCUT2D eigenvalue weighted by atomic mass is 10.2. The molecule has 0 saturated carbocycles. The van der Waals surface area contributed by atoms with Gasteiger partial charge in [0.2, 0.25) is 0 Å². The summed E-state index contributed by atoms with van der Waals surface area (Å²) in [6.45, 7) is 6.68. The molecule has 0 spiro atoms. The van der Waals surface area contributed by atoms with Crippen molar-refractivity contribution < 1.29 is 4.79 Å². The minimum Gasteiger partial charge on any atom is -0.336 e. The van der Waals surface area contributed by atoms with Gasteiger partial charge in [0.25, 0.3) is 5.91 Å². The number of halogens is 2. The van der Waals surface area contributed by atoms with Gasteiger partial charge in [-0.1, -0.05) is 30.1 Å². The Bertz CT molecular complexity index is 437. The zero-order valence-electron chi connectivity index (χ0n) is 11.0. The molecule has 1 aliphatic rings. The number of carbonyl (C=O) groups excluding carboxylic acids is 1. The lowest BCUT2D eigenvalue weighted by Gasteiger charge is -2.34. The van der Waals surface area contributed by atoms with Gasteiger partial charge in [0.1, 0.15) is 0 Å². The van der Waals surface area contributed by atoms with Gasteiger partial charge in [-0.05, 0) is 31.2 Å². The number of benzene rings is 1. The molecule has 1 amide bonds. The van der Waals surface area contributed by atoms with Gasteiger partial charge in [0.05, 0.1) is 0 Å². The van der Waals surface area contributed by atoms with Crippen LogP contribution in [0.5, 0.6) is 0 Å². The van der Waals surface area contributed by atoms with Crippen molar-refractivity contribution in [2.24, 2.45) is 0 Å². The van der Waals surface area contributed by atoms with E-state index >= 15 is 0 Å². The number of rotatable bonds is 3. The highest BCUT2D eigenvalue weighted by molar-refractivity contribution is 6.35. The predicted octanol–water partition coefficient (Wildman–Crippen LogP) is 3.16. The van der Waals surface area contributed by atoms with Crippen LogP contribution in [0.15, 0.2) is 18.2 Å². The first-order valence-electron chi connectivity index (χ1n) is 6.58. The van der Waals surface area contributed by atoms with Crippen LogP contribution in [0.25, 0.3) is 0 Å². The van der Waals surface area contributed by atoms with E-state index in [1.165, 1.54) is 0 Å². The zero-order chi connectivity index (χ0) is 13.8. The SMILES string of the molecule is CCCN1CCN(C(=O)c2cc(Cl)cc(Cl)c2)CC1. The maximum atomic E-state index is 12.4. The third-order valence-corrected chi connectivity index (χ3v) is 3.75. The second-order valence-electron chi connectivity index (χ2n) is 4.79. The predicted molar refractivity (Wildman–Crippen MR) is 79.1 cm³/mol. The number of piperazine rings is 1. The number of hydrogen-bond donors (Lipinski definition) is 0. The first kappa shape index (κ1) is 14.6. The summed E-state index contributed by atoms with van der Waals surface area (Å²) in [5.41, 5.74) is 0.571. The molecule has 0 bridgehead atoms. The number of amides is 1. The topological polar surface area (TPSA) is 23.6 Å². The highest BCUT2D eigenvalue weighted by atomic mass is 35.5. The molecule has 0 atom stereocenters. The molecule has 1 aliphatic heterocycles. The average Bonchev–Trinajstić information content (AvgIpc) is 2.38. The molecule has 1 heterocycles. The van der Waals surface area contributed by atoms with Gasteiger partial charge in [-0.15, -0.1) is 0 Å². The van der Waals surface area contributed by atoms with Crippen LogP contribution in [0.1, 0.15) is 23.7 Å². The van der Waals surface area contributed by atoms with Crippen LogP contribution in [0.3, 0.4) is 0 Å². The van der Waals surface area contributed by atoms with Gasteiger partial charge < -0.3 is 4.90 Å². The zero-order valence-corrected chi connectivity index (χ0v) is 12.5. The highest BCUT2D eigenvalue weighted by Crippen LogP contribution is 2.20. The maximum absolute atomic E-state index is 12.4. The first-order valence-corrected chi connectivity index (χ1v) is 7.33. The van der Waals surface area contributed by atoms with Crippen molar-refractivity contribution in [3.63, 3.8) is 0 Å². The summed E-state index contributed by atoms with van der Waals surface area (Å²) in [7, 11) is 0. The molecule has 1 aromatic rings. The highest BCUT2D eigenvalue weighted by Gasteiger charge is 2.22. The van der Waals surface area contributed by atoms with E-state index < -0.39 is 0 Å². The molecule has 2 rings (SSSR count). The Balaban J connectivity index is 2.01. The lowest BCUT2D eigenvalue weighted by Crippen LogP contribution is -2.48. The van der Waals surface area contributed by atoms with Crippen molar-refractivity contribution in [3.05, 3.63) is 33.8 Å². The normalized spacial score (nSPS) is 16.7. The smallest absolute Gasteiger partial charge is 0.254 e. The van der Waals surface area contributed by atoms with Gasteiger partial charge >= 0.3 is 0 Å². The van der Waals surface area contributed by atoms with Gasteiger partial charge in [-0.2, -0.15) is 0 Å². The summed E-state index contributed by atoms with van der Waals surface area (Å²) in [5.74, 6) is 0.0144. The second-order valence-corrected chi connectivity index (χ2v) is 5.66. The standard InChI is InChI=1S/C14H18Cl2N2O/c1-2-3-17-4-6-18(7-5-17)14(19)11-8-12(15)10-13(16)9-11/h8-10H,2-7H2,1H3. The summed E-state index contributed by atoms with van der Waals surface area (Å²) in [6.07, 6.45) is 1.15. The van der Waals surface area contributed by atoms with Crippen molar-refractivity contribution in [2.45, 2.75) is 13.3 Å². The molecule has 19 heavy (non-hydrogen) atoms. The Labute approximate surface area is 124 Å². The van der Waals surface area contributed by atoms with Crippen molar-refractivity contribution in [1.29, 1.82) is 0 Å². The van der Waals surface area contributed by atoms with Crippen LogP contribution in [-0.4, -0.2) is 48.4 Å². The Hall–Kier alpha value is -0.770. The quantitative estimate of drug-likeness (QED) is 0.856. The minimum atomic E-state index is 0.0144. The third kappa shape index (κ3) is 3.85. The van der Waals surface area contributed by atoms with Crippen molar-refractivity contribution >= 4 is 29.1 Å². The van der Waals surface area contributed by atoms with Crippen LogP contribution in [0, 0.1) is 0 Å². The van der Waals surface area contributed by atoms with Crippen LogP contribution in [-0.2, 0) is 0 Å². The van der Waals surface area contributed by atoms with Crippen molar-refractivity contribution in [2.75, 3.05) is 32.7 Å². The van der Waals surface area contributed by atoms with Gasteiger partial charge in [-0.25, -0.2) is 0 Å². The molecule has 0 aromatic heterocycles. The molecule has 1 aromatic carbocycles. The first-order chi connectivity index (χ1) is 9.10. The van der Waals surface area contributed by atoms with E-state index in [1.54, 1.807) is 18.2 Å². The molecule has 0 radical (unpaired) electrons. The van der Waals surface area contributed by atoms with E-state index in [1.807, 2.05) is 4.90 Å². The Morgan fingerprint density at radius 2 is 1.68 bits per heavy atom. The van der Waals surface area contributed by atoms with Crippen LogP contribution >= 0.6 is 23.2 Å². The van der Waals surface area contributed by atoms with E-state index in [4.69, 9.17) is 23.2 Å². The molecule has 5 heteroatoms. The Morgan fingerprint density at radius 1 is 1.11 bits per heavy atom. The van der Waals surface area contributed by atoms with Crippen LogP contribution in [0.2, 0.25) is 10.0 Å². The van der Waals surface area contributed by atoms with E-state index in [-0.39, 0.29) is 5.91 Å².